The lowest BCUT2D eigenvalue weighted by molar-refractivity contribution is -0.0608. The lowest BCUT2D eigenvalue weighted by Crippen LogP contribution is -2.24. The van der Waals surface area contributed by atoms with Crippen LogP contribution in [0.4, 0.5) is 13.2 Å². The van der Waals surface area contributed by atoms with Crippen molar-refractivity contribution < 1.29 is 27.9 Å². The number of benzene rings is 1. The van der Waals surface area contributed by atoms with E-state index in [1.54, 1.807) is 6.08 Å². The Kier molecular flexibility index (Phi) is 6.05. The summed E-state index contributed by atoms with van der Waals surface area (Å²) in [6.07, 6.45) is -1.49. The number of alkyl halides is 3. The number of hydrogen-bond donors (Lipinski definition) is 1. The highest BCUT2D eigenvalue weighted by Crippen LogP contribution is 2.24. The first-order valence-corrected chi connectivity index (χ1v) is 5.66. The molecule has 1 N–H and O–H groups in total. The van der Waals surface area contributed by atoms with Gasteiger partial charge in [-0.15, -0.1) is 0 Å². The fraction of sp³-hybridized carbons (Fsp3) is 0.308. The zero-order chi connectivity index (χ0) is 15.0. The average Bonchev–Trinajstić information content (AvgIpc) is 2.41. The number of halogens is 3. The van der Waals surface area contributed by atoms with E-state index < -0.39 is 11.9 Å². The van der Waals surface area contributed by atoms with Crippen molar-refractivity contribution in [2.24, 2.45) is 5.16 Å². The second-order valence-corrected chi connectivity index (χ2v) is 3.61. The summed E-state index contributed by atoms with van der Waals surface area (Å²) in [5.74, 6) is 0.412. The van der Waals surface area contributed by atoms with Gasteiger partial charge in [-0.3, -0.25) is 0 Å². The van der Waals surface area contributed by atoms with Crippen molar-refractivity contribution in [3.8, 4) is 5.75 Å². The molecule has 0 atom stereocenters. The van der Waals surface area contributed by atoms with Gasteiger partial charge in [-0.05, 0) is 30.3 Å². The maximum absolute atomic E-state index is 12.7. The lowest BCUT2D eigenvalue weighted by Gasteiger charge is -2.10. The van der Waals surface area contributed by atoms with Crippen LogP contribution in [0.1, 0.15) is 5.56 Å². The molecule has 0 saturated heterocycles. The van der Waals surface area contributed by atoms with Gasteiger partial charge in [0.25, 0.3) is 0 Å². The van der Waals surface area contributed by atoms with Crippen LogP contribution in [0.2, 0.25) is 0 Å². The second kappa shape index (κ2) is 7.54. The van der Waals surface area contributed by atoms with Crippen molar-refractivity contribution in [3.05, 3.63) is 42.0 Å². The van der Waals surface area contributed by atoms with Crippen molar-refractivity contribution >= 4 is 5.71 Å². The molecule has 0 fully saturated rings. The zero-order valence-electron chi connectivity index (χ0n) is 10.7. The molecular weight excluding hydrogens is 275 g/mol. The molecular formula is C13H14F3NO3. The van der Waals surface area contributed by atoms with Gasteiger partial charge in [0, 0.05) is 5.56 Å². The van der Waals surface area contributed by atoms with Gasteiger partial charge in [0.2, 0.25) is 0 Å². The number of aliphatic hydroxyl groups is 1. The van der Waals surface area contributed by atoms with Gasteiger partial charge in [0.05, 0.1) is 6.61 Å². The van der Waals surface area contributed by atoms with E-state index in [1.165, 1.54) is 30.3 Å². The summed E-state index contributed by atoms with van der Waals surface area (Å²) in [6.45, 7) is 0.128. The minimum atomic E-state index is -4.59. The smallest absolute Gasteiger partial charge is 0.437 e. The molecule has 0 aromatic heterocycles. The molecule has 1 aromatic carbocycles. The minimum absolute atomic E-state index is 0.0925. The third-order valence-corrected chi connectivity index (χ3v) is 2.20. The molecule has 0 aliphatic heterocycles. The highest BCUT2D eigenvalue weighted by molar-refractivity contribution is 6.04. The molecule has 0 saturated carbocycles. The molecule has 0 amide bonds. The number of nitrogens with zero attached hydrogens (tertiary/aromatic N) is 1. The van der Waals surface area contributed by atoms with Crippen molar-refractivity contribution in [3.63, 3.8) is 0 Å². The maximum Gasteiger partial charge on any atom is 0.437 e. The first-order valence-electron chi connectivity index (χ1n) is 5.66. The van der Waals surface area contributed by atoms with Crippen LogP contribution < -0.4 is 4.74 Å². The van der Waals surface area contributed by atoms with E-state index in [0.29, 0.717) is 5.75 Å². The summed E-state index contributed by atoms with van der Waals surface area (Å²) >= 11 is 0. The second-order valence-electron chi connectivity index (χ2n) is 3.61. The summed E-state index contributed by atoms with van der Waals surface area (Å²) in [6, 6.07) is 5.30. The Hall–Kier alpha value is -2.02. The van der Waals surface area contributed by atoms with E-state index in [-0.39, 0.29) is 18.8 Å². The quantitative estimate of drug-likeness (QED) is 0.497. The topological polar surface area (TPSA) is 51.0 Å². The van der Waals surface area contributed by atoms with E-state index in [4.69, 9.17) is 9.84 Å². The Morgan fingerprint density at radius 3 is 2.40 bits per heavy atom. The van der Waals surface area contributed by atoms with Crippen molar-refractivity contribution in [2.45, 2.75) is 6.18 Å². The van der Waals surface area contributed by atoms with Crippen LogP contribution in [-0.2, 0) is 4.84 Å². The predicted octanol–water partition coefficient (Wildman–Crippen LogP) is 2.53. The van der Waals surface area contributed by atoms with Gasteiger partial charge in [-0.25, -0.2) is 0 Å². The fourth-order valence-electron chi connectivity index (χ4n) is 1.36. The van der Waals surface area contributed by atoms with E-state index in [1.807, 2.05) is 0 Å². The van der Waals surface area contributed by atoms with Crippen LogP contribution in [-0.4, -0.2) is 37.3 Å². The SMILES string of the molecule is CO/N=C(/c1ccc(OC/C=C/CO)cc1)C(F)(F)F. The number of aliphatic hydroxyl groups excluding tert-OH is 1. The van der Waals surface area contributed by atoms with Gasteiger partial charge >= 0.3 is 6.18 Å². The molecule has 0 aliphatic rings. The average molecular weight is 289 g/mol. The third-order valence-electron chi connectivity index (χ3n) is 2.20. The Bertz CT molecular complexity index is 467. The third kappa shape index (κ3) is 4.93. The fourth-order valence-corrected chi connectivity index (χ4v) is 1.36. The first kappa shape index (κ1) is 16.0. The van der Waals surface area contributed by atoms with Crippen LogP contribution in [0.3, 0.4) is 0 Å². The summed E-state index contributed by atoms with van der Waals surface area (Å²) in [4.78, 5) is 4.21. The molecule has 1 aromatic rings. The molecule has 7 heteroatoms. The van der Waals surface area contributed by atoms with E-state index in [2.05, 4.69) is 9.99 Å². The predicted molar refractivity (Wildman–Crippen MR) is 67.8 cm³/mol. The Morgan fingerprint density at radius 1 is 1.25 bits per heavy atom. The highest BCUT2D eigenvalue weighted by atomic mass is 19.4. The maximum atomic E-state index is 12.7. The van der Waals surface area contributed by atoms with Gasteiger partial charge in [0.15, 0.2) is 5.71 Å². The normalized spacial score (nSPS) is 12.8. The van der Waals surface area contributed by atoms with E-state index >= 15 is 0 Å². The molecule has 0 bridgehead atoms. The summed E-state index contributed by atoms with van der Waals surface area (Å²) < 4.78 is 43.4. The molecule has 0 heterocycles. The zero-order valence-corrected chi connectivity index (χ0v) is 10.7. The Labute approximate surface area is 114 Å². The highest BCUT2D eigenvalue weighted by Gasteiger charge is 2.37. The van der Waals surface area contributed by atoms with Crippen LogP contribution >= 0.6 is 0 Å². The van der Waals surface area contributed by atoms with Crippen molar-refractivity contribution in [2.75, 3.05) is 20.3 Å². The molecule has 4 nitrogen and oxygen atoms in total. The summed E-state index contributed by atoms with van der Waals surface area (Å²) in [7, 11) is 1.05. The van der Waals surface area contributed by atoms with E-state index in [9.17, 15) is 13.2 Å². The lowest BCUT2D eigenvalue weighted by atomic mass is 10.1. The van der Waals surface area contributed by atoms with Gasteiger partial charge in [-0.2, -0.15) is 13.2 Å². The van der Waals surface area contributed by atoms with Crippen LogP contribution in [0.5, 0.6) is 5.75 Å². The van der Waals surface area contributed by atoms with Gasteiger partial charge < -0.3 is 14.7 Å². The summed E-state index contributed by atoms with van der Waals surface area (Å²) in [5, 5.41) is 11.5. The Morgan fingerprint density at radius 2 is 1.90 bits per heavy atom. The minimum Gasteiger partial charge on any atom is -0.490 e. The summed E-state index contributed by atoms with van der Waals surface area (Å²) in [5.41, 5.74) is -1.22. The molecule has 20 heavy (non-hydrogen) atoms. The first-order chi connectivity index (χ1) is 9.49. The molecule has 0 aliphatic carbocycles. The number of ether oxygens (including phenoxy) is 1. The van der Waals surface area contributed by atoms with Gasteiger partial charge in [0.1, 0.15) is 19.5 Å². The van der Waals surface area contributed by atoms with Crippen LogP contribution in [0, 0.1) is 0 Å². The largest absolute Gasteiger partial charge is 0.490 e. The number of hydrogen-bond acceptors (Lipinski definition) is 4. The molecule has 110 valence electrons. The van der Waals surface area contributed by atoms with Crippen LogP contribution in [0.25, 0.3) is 0 Å². The standard InChI is InChI=1S/C13H14F3NO3/c1-19-17-12(13(14,15)16)10-4-6-11(7-5-10)20-9-3-2-8-18/h2-7,18H,8-9H2,1H3/b3-2+,17-12-. The molecule has 0 spiro atoms. The number of rotatable bonds is 6. The van der Waals surface area contributed by atoms with E-state index in [0.717, 1.165) is 7.11 Å². The Balaban J connectivity index is 2.79. The monoisotopic (exact) mass is 289 g/mol. The molecule has 0 unspecified atom stereocenters. The number of oxime groups is 1. The van der Waals surface area contributed by atoms with Crippen molar-refractivity contribution in [1.82, 2.24) is 0 Å². The van der Waals surface area contributed by atoms with Crippen LogP contribution in [0.15, 0.2) is 41.6 Å². The molecule has 1 rings (SSSR count). The van der Waals surface area contributed by atoms with Gasteiger partial charge in [-0.1, -0.05) is 11.2 Å². The van der Waals surface area contributed by atoms with Crippen molar-refractivity contribution in [1.29, 1.82) is 0 Å². The molecule has 0 radical (unpaired) electrons.